The molecule has 3 aliphatic rings. The number of aromatic nitrogens is 1. The molecule has 0 bridgehead atoms. The first kappa shape index (κ1) is 34.6. The predicted molar refractivity (Wildman–Crippen MR) is 192 cm³/mol. The van der Waals surface area contributed by atoms with Crippen LogP contribution >= 0.6 is 23.2 Å². The van der Waals surface area contributed by atoms with E-state index in [4.69, 9.17) is 37.4 Å². The van der Waals surface area contributed by atoms with Crippen LogP contribution in [-0.2, 0) is 19.6 Å². The highest BCUT2D eigenvalue weighted by molar-refractivity contribution is 6.35. The van der Waals surface area contributed by atoms with Crippen LogP contribution in [0.5, 0.6) is 17.2 Å². The maximum atomic E-state index is 10.1. The van der Waals surface area contributed by atoms with Crippen molar-refractivity contribution in [3.05, 3.63) is 105 Å². The third-order valence-electron chi connectivity index (χ3n) is 9.63. The number of β-amino-alcohol motifs (C(OH)–C–C–N with tert-alkyl or cyclic N) is 2. The zero-order chi connectivity index (χ0) is 34.6. The Morgan fingerprint density at radius 1 is 0.880 bits per heavy atom. The molecule has 2 fully saturated rings. The van der Waals surface area contributed by atoms with Gasteiger partial charge in [-0.1, -0.05) is 53.5 Å². The summed E-state index contributed by atoms with van der Waals surface area (Å²) >= 11 is 13.8. The zero-order valence-electron chi connectivity index (χ0n) is 27.7. The molecule has 1 aliphatic carbocycles. The summed E-state index contributed by atoms with van der Waals surface area (Å²) in [5.41, 5.74) is 6.41. The first-order chi connectivity index (χ1) is 24.3. The van der Waals surface area contributed by atoms with Gasteiger partial charge in [0.25, 0.3) is 0 Å². The maximum absolute atomic E-state index is 10.1. The van der Waals surface area contributed by atoms with Crippen LogP contribution in [0.4, 0.5) is 0 Å². The Bertz CT molecular complexity index is 1880. The minimum absolute atomic E-state index is 0.201. The molecule has 1 aromatic heterocycles. The maximum Gasteiger partial charge on any atom is 0.142 e. The fourth-order valence-electron chi connectivity index (χ4n) is 7.08. The molecule has 0 spiro atoms. The molecule has 7 rings (SSSR count). The fraction of sp³-hybridized carbons (Fsp3) is 0.385. The lowest BCUT2D eigenvalue weighted by Crippen LogP contribution is -2.50. The van der Waals surface area contributed by atoms with E-state index >= 15 is 0 Å². The van der Waals surface area contributed by atoms with Crippen LogP contribution in [0.15, 0.2) is 67.0 Å². The number of fused-ring (bicyclic) bond motifs is 1. The molecule has 260 valence electrons. The van der Waals surface area contributed by atoms with Crippen LogP contribution < -0.4 is 14.2 Å². The van der Waals surface area contributed by atoms with Gasteiger partial charge in [-0.2, -0.15) is 5.26 Å². The van der Waals surface area contributed by atoms with Gasteiger partial charge in [0, 0.05) is 74.4 Å². The minimum atomic E-state index is -0.342. The third-order valence-corrected chi connectivity index (χ3v) is 10.3. The number of aliphatic hydroxyl groups excluding tert-OH is 2. The summed E-state index contributed by atoms with van der Waals surface area (Å²) in [5, 5.41) is 30.0. The van der Waals surface area contributed by atoms with Crippen LogP contribution in [0.2, 0.25) is 10.0 Å². The smallest absolute Gasteiger partial charge is 0.142 e. The second-order valence-corrected chi connectivity index (χ2v) is 14.1. The summed E-state index contributed by atoms with van der Waals surface area (Å²) in [4.78, 5) is 8.56. The van der Waals surface area contributed by atoms with E-state index in [2.05, 4.69) is 33.0 Å². The van der Waals surface area contributed by atoms with Crippen molar-refractivity contribution in [3.63, 3.8) is 0 Å². The lowest BCUT2D eigenvalue weighted by Gasteiger charge is -2.35. The number of nitrogens with zero attached hydrogens (tertiary/aromatic N) is 4. The van der Waals surface area contributed by atoms with Gasteiger partial charge in [0.05, 0.1) is 34.4 Å². The average molecular weight is 716 g/mol. The zero-order valence-corrected chi connectivity index (χ0v) is 29.2. The van der Waals surface area contributed by atoms with Crippen LogP contribution in [0.1, 0.15) is 53.2 Å². The Balaban J connectivity index is 1.09. The number of benzene rings is 3. The molecule has 0 amide bonds. The standard InChI is InChI=1S/C39H40Cl2N4O5/c40-34-15-27(20-45-12-10-28(46)21-45)37(49-24-26-14-25(17-42)18-43-19-26)16-38(34)50-35-9-8-31-30(4-1-5-32(31)35)33-6-2-7-36(39(33)41)48-13-3-11-44-22-29(47)23-44/h1-2,4-7,14-16,18-19,28-29,35,46-47H,3,8-13,20-24H2/t28-,35+/m1/s1. The Labute approximate surface area is 302 Å². The molecule has 2 saturated heterocycles. The Morgan fingerprint density at radius 3 is 2.50 bits per heavy atom. The largest absolute Gasteiger partial charge is 0.492 e. The summed E-state index contributed by atoms with van der Waals surface area (Å²) in [5.74, 6) is 1.82. The van der Waals surface area contributed by atoms with E-state index in [0.717, 1.165) is 79.7 Å². The van der Waals surface area contributed by atoms with Gasteiger partial charge in [-0.15, -0.1) is 0 Å². The van der Waals surface area contributed by atoms with Crippen molar-refractivity contribution in [1.29, 1.82) is 5.26 Å². The molecule has 50 heavy (non-hydrogen) atoms. The van der Waals surface area contributed by atoms with Crippen molar-refractivity contribution in [2.75, 3.05) is 39.3 Å². The van der Waals surface area contributed by atoms with E-state index in [1.807, 2.05) is 36.4 Å². The van der Waals surface area contributed by atoms with Crippen LogP contribution in [0.25, 0.3) is 11.1 Å². The molecule has 2 atom stereocenters. The molecule has 2 N–H and O–H groups in total. The second kappa shape index (κ2) is 15.6. The minimum Gasteiger partial charge on any atom is -0.492 e. The van der Waals surface area contributed by atoms with Crippen LogP contribution in [0, 0.1) is 11.3 Å². The van der Waals surface area contributed by atoms with E-state index in [1.165, 1.54) is 11.8 Å². The number of rotatable bonds is 13. The Kier molecular flexibility index (Phi) is 10.8. The average Bonchev–Trinajstić information content (AvgIpc) is 3.72. The fourth-order valence-corrected chi connectivity index (χ4v) is 7.59. The number of likely N-dealkylation sites (tertiary alicyclic amines) is 2. The lowest BCUT2D eigenvalue weighted by atomic mass is 9.96. The SMILES string of the molecule is N#Cc1cncc(COc2cc(O[C@H]3CCc4c(-c5cccc(OCCCN6CC(O)C6)c5Cl)cccc43)c(Cl)cc2CN2CC[C@@H](O)C2)c1. The van der Waals surface area contributed by atoms with Gasteiger partial charge < -0.3 is 24.4 Å². The van der Waals surface area contributed by atoms with Crippen molar-refractivity contribution in [2.24, 2.45) is 0 Å². The molecule has 0 saturated carbocycles. The molecule has 0 unspecified atom stereocenters. The van der Waals surface area contributed by atoms with Gasteiger partial charge in [-0.05, 0) is 60.6 Å². The van der Waals surface area contributed by atoms with E-state index in [9.17, 15) is 15.5 Å². The monoisotopic (exact) mass is 714 g/mol. The molecule has 3 aromatic carbocycles. The number of aliphatic hydroxyl groups is 2. The molecule has 4 aromatic rings. The summed E-state index contributed by atoms with van der Waals surface area (Å²) in [6, 6.07) is 19.8. The number of halogens is 2. The number of hydrogen-bond donors (Lipinski definition) is 2. The van der Waals surface area contributed by atoms with Crippen molar-refractivity contribution < 1.29 is 24.4 Å². The second-order valence-electron chi connectivity index (χ2n) is 13.3. The summed E-state index contributed by atoms with van der Waals surface area (Å²) in [6.07, 6.45) is 5.63. The topological polar surface area (TPSA) is 111 Å². The predicted octanol–water partition coefficient (Wildman–Crippen LogP) is 6.58. The van der Waals surface area contributed by atoms with Gasteiger partial charge in [0.2, 0.25) is 0 Å². The third kappa shape index (κ3) is 7.87. The summed E-state index contributed by atoms with van der Waals surface area (Å²) in [7, 11) is 0. The summed E-state index contributed by atoms with van der Waals surface area (Å²) < 4.78 is 19.1. The van der Waals surface area contributed by atoms with Crippen molar-refractivity contribution in [2.45, 2.75) is 57.1 Å². The highest BCUT2D eigenvalue weighted by Crippen LogP contribution is 2.45. The number of ether oxygens (including phenoxy) is 3. The van der Waals surface area contributed by atoms with Crippen molar-refractivity contribution >= 4 is 23.2 Å². The first-order valence-electron chi connectivity index (χ1n) is 17.1. The van der Waals surface area contributed by atoms with E-state index in [1.54, 1.807) is 12.3 Å². The molecule has 0 radical (unpaired) electrons. The Morgan fingerprint density at radius 2 is 1.70 bits per heavy atom. The quantitative estimate of drug-likeness (QED) is 0.148. The van der Waals surface area contributed by atoms with Crippen molar-refractivity contribution in [3.8, 4) is 34.4 Å². The highest BCUT2D eigenvalue weighted by Gasteiger charge is 2.29. The van der Waals surface area contributed by atoms with Gasteiger partial charge >= 0.3 is 0 Å². The van der Waals surface area contributed by atoms with Gasteiger partial charge in [-0.3, -0.25) is 14.8 Å². The molecule has 11 heteroatoms. The molecular weight excluding hydrogens is 675 g/mol. The Hall–Kier alpha value is -3.88. The lowest BCUT2D eigenvalue weighted by molar-refractivity contribution is 0.0000497. The van der Waals surface area contributed by atoms with Crippen LogP contribution in [0.3, 0.4) is 0 Å². The van der Waals surface area contributed by atoms with Crippen molar-refractivity contribution in [1.82, 2.24) is 14.8 Å². The number of hydrogen-bond acceptors (Lipinski definition) is 9. The van der Waals surface area contributed by atoms with E-state index < -0.39 is 0 Å². The molecule has 2 aliphatic heterocycles. The normalized spacial score (nSPS) is 19.2. The van der Waals surface area contributed by atoms with E-state index in [0.29, 0.717) is 52.6 Å². The molecule has 3 heterocycles. The number of nitriles is 1. The molecular formula is C39H40Cl2N4O5. The first-order valence-corrected chi connectivity index (χ1v) is 17.9. The van der Waals surface area contributed by atoms with Crippen LogP contribution in [-0.4, -0.2) is 76.5 Å². The highest BCUT2D eigenvalue weighted by atomic mass is 35.5. The van der Waals surface area contributed by atoms with Gasteiger partial charge in [-0.25, -0.2) is 0 Å². The van der Waals surface area contributed by atoms with Gasteiger partial charge in [0.15, 0.2) is 0 Å². The number of pyridine rings is 1. The summed E-state index contributed by atoms with van der Waals surface area (Å²) in [6.45, 7) is 5.07. The van der Waals surface area contributed by atoms with Gasteiger partial charge in [0.1, 0.15) is 36.0 Å². The molecule has 9 nitrogen and oxygen atoms in total. The van der Waals surface area contributed by atoms with E-state index in [-0.39, 0.29) is 24.9 Å².